The quantitative estimate of drug-likeness (QED) is 0.917. The Balaban J connectivity index is 1.62. The third kappa shape index (κ3) is 3.62. The van der Waals surface area contributed by atoms with Crippen LogP contribution in [0.25, 0.3) is 0 Å². The van der Waals surface area contributed by atoms with Crippen LogP contribution in [0.4, 0.5) is 0 Å². The van der Waals surface area contributed by atoms with E-state index in [0.29, 0.717) is 12.0 Å². The minimum absolute atomic E-state index is 0.0778. The molecule has 0 radical (unpaired) electrons. The van der Waals surface area contributed by atoms with E-state index in [1.54, 1.807) is 17.5 Å². The van der Waals surface area contributed by atoms with Crippen molar-refractivity contribution in [3.63, 3.8) is 0 Å². The van der Waals surface area contributed by atoms with E-state index in [9.17, 15) is 4.79 Å². The Hall–Kier alpha value is -1.72. The molecule has 0 spiro atoms. The number of nitrogens with zero attached hydrogens (tertiary/aromatic N) is 2. The molecule has 2 aromatic rings. The Kier molecular flexibility index (Phi) is 5.08. The molecule has 1 aliphatic rings. The average molecular weight is 329 g/mol. The number of hydrogen-bond acceptors (Lipinski definition) is 4. The molecule has 1 fully saturated rings. The van der Waals surface area contributed by atoms with Crippen molar-refractivity contribution in [2.75, 3.05) is 20.1 Å². The maximum absolute atomic E-state index is 12.4. The van der Waals surface area contributed by atoms with E-state index in [1.807, 2.05) is 36.7 Å². The zero-order valence-corrected chi connectivity index (χ0v) is 14.4. The molecule has 122 valence electrons. The molecular formula is C18H23N3OS. The molecule has 1 saturated heterocycles. The fraction of sp³-hybridized carbons (Fsp3) is 0.444. The third-order valence-electron chi connectivity index (χ3n) is 4.70. The Bertz CT molecular complexity index is 629. The molecule has 0 unspecified atom stereocenters. The van der Waals surface area contributed by atoms with Gasteiger partial charge in [0.25, 0.3) is 0 Å². The van der Waals surface area contributed by atoms with Gasteiger partial charge in [-0.1, -0.05) is 12.1 Å². The Morgan fingerprint density at radius 3 is 3.04 bits per heavy atom. The first-order valence-electron chi connectivity index (χ1n) is 8.08. The molecule has 0 aliphatic carbocycles. The van der Waals surface area contributed by atoms with E-state index >= 15 is 0 Å². The van der Waals surface area contributed by atoms with Crippen molar-refractivity contribution in [1.29, 1.82) is 0 Å². The van der Waals surface area contributed by atoms with Crippen LogP contribution in [0, 0.1) is 5.92 Å². The van der Waals surface area contributed by atoms with Crippen LogP contribution in [0.15, 0.2) is 42.0 Å². The monoisotopic (exact) mass is 329 g/mol. The van der Waals surface area contributed by atoms with E-state index in [4.69, 9.17) is 0 Å². The van der Waals surface area contributed by atoms with Gasteiger partial charge < -0.3 is 5.32 Å². The maximum Gasteiger partial charge on any atom is 0.228 e. The smallest absolute Gasteiger partial charge is 0.228 e. The van der Waals surface area contributed by atoms with Crippen molar-refractivity contribution < 1.29 is 4.79 Å². The third-order valence-corrected chi connectivity index (χ3v) is 5.76. The summed E-state index contributed by atoms with van der Waals surface area (Å²) in [6.07, 6.45) is 4.84. The van der Waals surface area contributed by atoms with Gasteiger partial charge in [-0.2, -0.15) is 0 Å². The van der Waals surface area contributed by atoms with Gasteiger partial charge in [0.05, 0.1) is 5.92 Å². The topological polar surface area (TPSA) is 45.2 Å². The molecule has 4 nitrogen and oxygen atoms in total. The van der Waals surface area contributed by atoms with Crippen LogP contribution in [0.5, 0.6) is 0 Å². The number of nitrogens with one attached hydrogen (secondary N) is 1. The van der Waals surface area contributed by atoms with Crippen molar-refractivity contribution in [2.45, 2.75) is 25.3 Å². The summed E-state index contributed by atoms with van der Waals surface area (Å²) < 4.78 is 0. The van der Waals surface area contributed by atoms with Crippen LogP contribution in [0.2, 0.25) is 0 Å². The number of carbonyl (C=O) groups is 1. The lowest BCUT2D eigenvalue weighted by atomic mass is 9.94. The fourth-order valence-electron chi connectivity index (χ4n) is 3.37. The summed E-state index contributed by atoms with van der Waals surface area (Å²) in [7, 11) is 2.15. The molecule has 1 aliphatic heterocycles. The summed E-state index contributed by atoms with van der Waals surface area (Å²) in [5.74, 6) is 0.474. The number of likely N-dealkylation sites (tertiary alicyclic amines) is 1. The lowest BCUT2D eigenvalue weighted by Gasteiger charge is -2.25. The predicted octanol–water partition coefficient (Wildman–Crippen LogP) is 3.06. The highest BCUT2D eigenvalue weighted by atomic mass is 32.1. The number of pyridine rings is 1. The van der Waals surface area contributed by atoms with Crippen LogP contribution in [0.3, 0.4) is 0 Å². The first-order valence-corrected chi connectivity index (χ1v) is 8.96. The minimum atomic E-state index is -0.0778. The fourth-order valence-corrected chi connectivity index (χ4v) is 4.15. The van der Waals surface area contributed by atoms with E-state index in [-0.39, 0.29) is 11.8 Å². The predicted molar refractivity (Wildman–Crippen MR) is 93.5 cm³/mol. The van der Waals surface area contributed by atoms with Gasteiger partial charge in [0.15, 0.2) is 0 Å². The average Bonchev–Trinajstić information content (AvgIpc) is 3.22. The zero-order valence-electron chi connectivity index (χ0n) is 13.6. The van der Waals surface area contributed by atoms with Gasteiger partial charge in [-0.05, 0) is 55.9 Å². The first-order chi connectivity index (χ1) is 11.2. The molecule has 1 N–H and O–H groups in total. The molecule has 0 aromatic carbocycles. The molecular weight excluding hydrogens is 306 g/mol. The maximum atomic E-state index is 12.4. The van der Waals surface area contributed by atoms with Gasteiger partial charge in [-0.15, -0.1) is 11.3 Å². The summed E-state index contributed by atoms with van der Waals surface area (Å²) in [5, 5.41) is 5.17. The number of hydrogen-bond donors (Lipinski definition) is 1. The molecule has 5 heteroatoms. The molecule has 3 rings (SSSR count). The number of rotatable bonds is 5. The van der Waals surface area contributed by atoms with Gasteiger partial charge in [-0.25, -0.2) is 0 Å². The standard InChI is InChI=1S/C18H23N3OS/c1-13(16-6-4-10-23-16)18(22)20-12-15-7-9-21(2)17(15)14-5-3-8-19-11-14/h3-6,8,10-11,13,15,17H,7,9,12H2,1-2H3,(H,20,22)/t13-,15-,17-/m0/s1. The Labute approximate surface area is 141 Å². The van der Waals surface area contributed by atoms with E-state index < -0.39 is 0 Å². The van der Waals surface area contributed by atoms with E-state index in [2.05, 4.69) is 28.3 Å². The van der Waals surface area contributed by atoms with E-state index in [1.165, 1.54) is 5.56 Å². The highest BCUT2D eigenvalue weighted by Gasteiger charge is 2.33. The second kappa shape index (κ2) is 7.23. The van der Waals surface area contributed by atoms with Crippen LogP contribution >= 0.6 is 11.3 Å². The highest BCUT2D eigenvalue weighted by Crippen LogP contribution is 2.35. The summed E-state index contributed by atoms with van der Waals surface area (Å²) in [6, 6.07) is 8.46. The highest BCUT2D eigenvalue weighted by molar-refractivity contribution is 7.10. The largest absolute Gasteiger partial charge is 0.355 e. The van der Waals surface area contributed by atoms with Gasteiger partial charge >= 0.3 is 0 Å². The summed E-state index contributed by atoms with van der Waals surface area (Å²) in [6.45, 7) is 3.75. The molecule has 3 atom stereocenters. The van der Waals surface area contributed by atoms with Gasteiger partial charge in [0, 0.05) is 29.9 Å². The van der Waals surface area contributed by atoms with Gasteiger partial charge in [0.1, 0.15) is 0 Å². The van der Waals surface area contributed by atoms with Crippen molar-refractivity contribution in [2.24, 2.45) is 5.92 Å². The van der Waals surface area contributed by atoms with Crippen LogP contribution in [-0.4, -0.2) is 35.9 Å². The first kappa shape index (κ1) is 16.1. The summed E-state index contributed by atoms with van der Waals surface area (Å²) in [4.78, 5) is 20.1. The summed E-state index contributed by atoms with van der Waals surface area (Å²) >= 11 is 1.64. The second-order valence-corrected chi connectivity index (χ2v) is 7.22. The molecule has 0 bridgehead atoms. The van der Waals surface area contributed by atoms with Crippen molar-refractivity contribution >= 4 is 17.2 Å². The number of amides is 1. The number of carbonyl (C=O) groups excluding carboxylic acids is 1. The molecule has 1 amide bonds. The minimum Gasteiger partial charge on any atom is -0.355 e. The Morgan fingerprint density at radius 2 is 2.35 bits per heavy atom. The van der Waals surface area contributed by atoms with E-state index in [0.717, 1.165) is 24.4 Å². The van der Waals surface area contributed by atoms with Gasteiger partial charge in [0.2, 0.25) is 5.91 Å². The van der Waals surface area contributed by atoms with Crippen molar-refractivity contribution in [3.8, 4) is 0 Å². The lowest BCUT2D eigenvalue weighted by Crippen LogP contribution is -2.34. The molecule has 2 aromatic heterocycles. The van der Waals surface area contributed by atoms with Crippen molar-refractivity contribution in [1.82, 2.24) is 15.2 Å². The van der Waals surface area contributed by atoms with Crippen LogP contribution in [-0.2, 0) is 4.79 Å². The van der Waals surface area contributed by atoms with Crippen LogP contribution in [0.1, 0.15) is 35.7 Å². The van der Waals surface area contributed by atoms with Crippen LogP contribution < -0.4 is 5.32 Å². The lowest BCUT2D eigenvalue weighted by molar-refractivity contribution is -0.122. The summed E-state index contributed by atoms with van der Waals surface area (Å²) in [5.41, 5.74) is 1.23. The van der Waals surface area contributed by atoms with Gasteiger partial charge in [-0.3, -0.25) is 14.7 Å². The van der Waals surface area contributed by atoms with Crippen molar-refractivity contribution in [3.05, 3.63) is 52.5 Å². The zero-order chi connectivity index (χ0) is 16.2. The Morgan fingerprint density at radius 1 is 1.48 bits per heavy atom. The molecule has 3 heterocycles. The normalized spacial score (nSPS) is 22.9. The molecule has 23 heavy (non-hydrogen) atoms. The second-order valence-electron chi connectivity index (χ2n) is 6.24. The number of thiophene rings is 1. The molecule has 0 saturated carbocycles. The number of aromatic nitrogens is 1. The SMILES string of the molecule is C[C@H](C(=O)NC[C@@H]1CCN(C)[C@H]1c1cccnc1)c1cccs1.